The van der Waals surface area contributed by atoms with E-state index in [9.17, 15) is 4.79 Å². The number of carbonyl (C=O) groups is 1. The second-order valence-corrected chi connectivity index (χ2v) is 8.38. The number of hydrogen-bond donors (Lipinski definition) is 1. The van der Waals surface area contributed by atoms with Gasteiger partial charge in [-0.05, 0) is 72.5 Å². The summed E-state index contributed by atoms with van der Waals surface area (Å²) in [6.07, 6.45) is -0.464. The zero-order chi connectivity index (χ0) is 18.3. The van der Waals surface area contributed by atoms with Crippen LogP contribution in [0.2, 0.25) is 0 Å². The summed E-state index contributed by atoms with van der Waals surface area (Å²) in [5.74, 6) is 0.525. The van der Waals surface area contributed by atoms with Crippen LogP contribution in [0.15, 0.2) is 18.2 Å². The Hall–Kier alpha value is -1.53. The largest absolute Gasteiger partial charge is 0.494 e. The van der Waals surface area contributed by atoms with Gasteiger partial charge in [0.1, 0.15) is 5.75 Å². The van der Waals surface area contributed by atoms with Crippen LogP contribution in [0, 0.1) is 6.92 Å². The van der Waals surface area contributed by atoms with Crippen molar-refractivity contribution >= 4 is 18.7 Å². The van der Waals surface area contributed by atoms with E-state index in [0.29, 0.717) is 5.75 Å². The Morgan fingerprint density at radius 1 is 1.12 bits per heavy atom. The van der Waals surface area contributed by atoms with Gasteiger partial charge in [0, 0.05) is 5.54 Å². The summed E-state index contributed by atoms with van der Waals surface area (Å²) in [6, 6.07) is 5.58. The maximum Gasteiger partial charge on any atom is 0.494 e. The molecular formula is C18H28BNO4. The molecule has 0 bridgehead atoms. The Morgan fingerprint density at radius 3 is 2.12 bits per heavy atom. The number of carbonyl (C=O) groups excluding carboxylic acids is 1. The molecule has 1 aliphatic heterocycles. The highest BCUT2D eigenvalue weighted by Gasteiger charge is 2.51. The monoisotopic (exact) mass is 333 g/mol. The second kappa shape index (κ2) is 6.08. The van der Waals surface area contributed by atoms with Gasteiger partial charge in [-0.2, -0.15) is 0 Å². The van der Waals surface area contributed by atoms with Gasteiger partial charge in [-0.15, -0.1) is 0 Å². The van der Waals surface area contributed by atoms with E-state index in [1.807, 2.05) is 67.5 Å². The maximum absolute atomic E-state index is 11.9. The van der Waals surface area contributed by atoms with Crippen LogP contribution in [0.3, 0.4) is 0 Å². The number of aryl methyl sites for hydroxylation is 1. The van der Waals surface area contributed by atoms with Crippen LogP contribution in [-0.2, 0) is 9.31 Å². The first-order chi connectivity index (χ1) is 10.8. The first kappa shape index (κ1) is 18.8. The molecule has 6 heteroatoms. The number of amides is 1. The van der Waals surface area contributed by atoms with E-state index in [0.717, 1.165) is 11.0 Å². The first-order valence-corrected chi connectivity index (χ1v) is 8.27. The van der Waals surface area contributed by atoms with Gasteiger partial charge < -0.3 is 19.4 Å². The highest BCUT2D eigenvalue weighted by atomic mass is 16.7. The Bertz CT molecular complexity index is 618. The molecule has 1 N–H and O–H groups in total. The maximum atomic E-state index is 11.9. The Morgan fingerprint density at radius 2 is 1.67 bits per heavy atom. The summed E-state index contributed by atoms with van der Waals surface area (Å²) in [6.45, 7) is 15.7. The van der Waals surface area contributed by atoms with Crippen LogP contribution in [-0.4, -0.2) is 30.0 Å². The molecule has 0 aliphatic carbocycles. The quantitative estimate of drug-likeness (QED) is 0.845. The third kappa shape index (κ3) is 4.11. The van der Waals surface area contributed by atoms with Gasteiger partial charge in [0.15, 0.2) is 0 Å². The Kier molecular flexibility index (Phi) is 4.77. The van der Waals surface area contributed by atoms with E-state index in [2.05, 4.69) is 5.32 Å². The number of ether oxygens (including phenoxy) is 1. The van der Waals surface area contributed by atoms with Crippen LogP contribution in [0.4, 0.5) is 4.79 Å². The van der Waals surface area contributed by atoms with E-state index in [-0.39, 0.29) is 16.7 Å². The lowest BCUT2D eigenvalue weighted by Crippen LogP contribution is -2.42. The number of hydrogen-bond acceptors (Lipinski definition) is 4. The van der Waals surface area contributed by atoms with Crippen molar-refractivity contribution in [3.05, 3.63) is 23.8 Å². The minimum absolute atomic E-state index is 0.340. The summed E-state index contributed by atoms with van der Waals surface area (Å²) in [5.41, 5.74) is 0.662. The molecule has 1 fully saturated rings. The Balaban J connectivity index is 2.12. The van der Waals surface area contributed by atoms with Crippen molar-refractivity contribution < 1.29 is 18.8 Å². The molecule has 132 valence electrons. The molecule has 5 nitrogen and oxygen atoms in total. The zero-order valence-corrected chi connectivity index (χ0v) is 15.9. The molecule has 2 rings (SSSR count). The molecular weight excluding hydrogens is 305 g/mol. The van der Waals surface area contributed by atoms with E-state index in [4.69, 9.17) is 14.0 Å². The molecule has 0 saturated carbocycles. The third-order valence-electron chi connectivity index (χ3n) is 4.40. The smallest absolute Gasteiger partial charge is 0.410 e. The molecule has 1 saturated heterocycles. The summed E-state index contributed by atoms with van der Waals surface area (Å²) in [4.78, 5) is 11.9. The van der Waals surface area contributed by atoms with Gasteiger partial charge >= 0.3 is 13.2 Å². The van der Waals surface area contributed by atoms with Crippen LogP contribution in [0.1, 0.15) is 54.0 Å². The van der Waals surface area contributed by atoms with Crippen LogP contribution in [0.25, 0.3) is 0 Å². The second-order valence-electron chi connectivity index (χ2n) is 8.38. The highest BCUT2D eigenvalue weighted by molar-refractivity contribution is 6.62. The lowest BCUT2D eigenvalue weighted by atomic mass is 9.78. The van der Waals surface area contributed by atoms with Crippen molar-refractivity contribution in [2.75, 3.05) is 0 Å². The van der Waals surface area contributed by atoms with Crippen molar-refractivity contribution in [1.82, 2.24) is 5.32 Å². The fourth-order valence-electron chi connectivity index (χ4n) is 2.34. The predicted octanol–water partition coefficient (Wildman–Crippen LogP) is 3.18. The normalized spacial score (nSPS) is 19.2. The van der Waals surface area contributed by atoms with E-state index in [1.54, 1.807) is 6.07 Å². The van der Waals surface area contributed by atoms with E-state index in [1.165, 1.54) is 0 Å². The van der Waals surface area contributed by atoms with Crippen molar-refractivity contribution in [3.8, 4) is 5.75 Å². The topological polar surface area (TPSA) is 56.8 Å². The third-order valence-corrected chi connectivity index (χ3v) is 4.40. The van der Waals surface area contributed by atoms with Crippen molar-refractivity contribution in [3.63, 3.8) is 0 Å². The van der Waals surface area contributed by atoms with Crippen molar-refractivity contribution in [1.29, 1.82) is 0 Å². The SMILES string of the molecule is Cc1cc(B2OC(C)(C)C(C)(C)O2)ccc1OC(=O)NC(C)(C)C. The molecule has 0 atom stereocenters. The van der Waals surface area contributed by atoms with Crippen molar-refractivity contribution in [2.24, 2.45) is 0 Å². The lowest BCUT2D eigenvalue weighted by molar-refractivity contribution is 0.00578. The summed E-state index contributed by atoms with van der Waals surface area (Å²) in [5, 5.41) is 2.78. The lowest BCUT2D eigenvalue weighted by Gasteiger charge is -2.32. The molecule has 1 heterocycles. The van der Waals surface area contributed by atoms with Gasteiger partial charge in [-0.3, -0.25) is 0 Å². The van der Waals surface area contributed by atoms with Crippen LogP contribution in [0.5, 0.6) is 5.75 Å². The van der Waals surface area contributed by atoms with E-state index >= 15 is 0 Å². The van der Waals surface area contributed by atoms with E-state index < -0.39 is 13.2 Å². The predicted molar refractivity (Wildman–Crippen MR) is 95.8 cm³/mol. The Labute approximate surface area is 145 Å². The van der Waals surface area contributed by atoms with Gasteiger partial charge in [-0.25, -0.2) is 4.79 Å². The molecule has 1 aromatic rings. The summed E-state index contributed by atoms with van der Waals surface area (Å²) in [7, 11) is -0.425. The average molecular weight is 333 g/mol. The van der Waals surface area contributed by atoms with Crippen molar-refractivity contribution in [2.45, 2.75) is 72.1 Å². The number of nitrogens with one attached hydrogen (secondary N) is 1. The minimum Gasteiger partial charge on any atom is -0.410 e. The average Bonchev–Trinajstić information content (AvgIpc) is 2.58. The number of rotatable bonds is 2. The summed E-state index contributed by atoms with van der Waals surface area (Å²) >= 11 is 0. The number of benzene rings is 1. The fourth-order valence-corrected chi connectivity index (χ4v) is 2.34. The first-order valence-electron chi connectivity index (χ1n) is 8.27. The van der Waals surface area contributed by atoms with Gasteiger partial charge in [0.25, 0.3) is 0 Å². The van der Waals surface area contributed by atoms with Gasteiger partial charge in [0.2, 0.25) is 0 Å². The molecule has 1 aromatic carbocycles. The van der Waals surface area contributed by atoms with Crippen LogP contribution >= 0.6 is 0 Å². The molecule has 24 heavy (non-hydrogen) atoms. The van der Waals surface area contributed by atoms with Crippen LogP contribution < -0.4 is 15.5 Å². The molecule has 0 radical (unpaired) electrons. The minimum atomic E-state index is -0.464. The van der Waals surface area contributed by atoms with Gasteiger partial charge in [-0.1, -0.05) is 12.1 Å². The molecule has 0 unspecified atom stereocenters. The van der Waals surface area contributed by atoms with Gasteiger partial charge in [0.05, 0.1) is 11.2 Å². The summed E-state index contributed by atoms with van der Waals surface area (Å²) < 4.78 is 17.5. The molecule has 0 aromatic heterocycles. The zero-order valence-electron chi connectivity index (χ0n) is 15.9. The molecule has 1 amide bonds. The fraction of sp³-hybridized carbons (Fsp3) is 0.611. The molecule has 0 spiro atoms. The highest BCUT2D eigenvalue weighted by Crippen LogP contribution is 2.36. The molecule has 1 aliphatic rings. The standard InChI is InChI=1S/C18H28BNO4/c1-12-11-13(19-23-17(5,6)18(7,8)24-19)9-10-14(12)22-15(21)20-16(2,3)4/h9-11H,1-8H3,(H,20,21).